The highest BCUT2D eigenvalue weighted by atomic mass is 19.4. The van der Waals surface area contributed by atoms with Crippen molar-refractivity contribution in [2.75, 3.05) is 12.4 Å². The molecule has 0 bridgehead atoms. The summed E-state index contributed by atoms with van der Waals surface area (Å²) >= 11 is 0. The van der Waals surface area contributed by atoms with Gasteiger partial charge in [-0.05, 0) is 25.5 Å². The first-order valence-corrected chi connectivity index (χ1v) is 10.7. The van der Waals surface area contributed by atoms with Crippen molar-refractivity contribution in [2.45, 2.75) is 37.1 Å². The van der Waals surface area contributed by atoms with Gasteiger partial charge >= 0.3 is 6.18 Å². The third-order valence-electron chi connectivity index (χ3n) is 6.07. The lowest BCUT2D eigenvalue weighted by molar-refractivity contribution is -0.265. The Morgan fingerprint density at radius 3 is 2.62 bits per heavy atom. The van der Waals surface area contributed by atoms with E-state index in [0.29, 0.717) is 0 Å². The van der Waals surface area contributed by atoms with E-state index in [0.717, 1.165) is 32.2 Å². The van der Waals surface area contributed by atoms with Crippen molar-refractivity contribution in [2.24, 2.45) is 5.73 Å². The van der Waals surface area contributed by atoms with Gasteiger partial charge in [-0.15, -0.1) is 0 Å². The molecule has 37 heavy (non-hydrogen) atoms. The quantitative estimate of drug-likeness (QED) is 0.329. The van der Waals surface area contributed by atoms with Crippen molar-refractivity contribution in [1.82, 2.24) is 15.0 Å². The number of ether oxygens (including phenoxy) is 2. The molecule has 14 heteroatoms. The number of halogens is 5. The Labute approximate surface area is 205 Å². The molecule has 1 aliphatic rings. The SMILES string of the molecule is C=CC(=O)Nc1cc2[nH]c([C@@H]3O[C@@](C)(C(F)(F)F)C[C@H]3c3ccc(F)c(F)c3OC)nc2c(C(N)=O)n1. The topological polar surface area (TPSA) is 132 Å². The molecule has 9 nitrogen and oxygen atoms in total. The zero-order valence-electron chi connectivity index (χ0n) is 19.4. The van der Waals surface area contributed by atoms with E-state index >= 15 is 0 Å². The van der Waals surface area contributed by atoms with Crippen molar-refractivity contribution in [1.29, 1.82) is 0 Å². The molecule has 0 saturated carbocycles. The number of benzene rings is 1. The average Bonchev–Trinajstić information content (AvgIpc) is 3.41. The van der Waals surface area contributed by atoms with Gasteiger partial charge < -0.3 is 25.5 Å². The lowest BCUT2D eigenvalue weighted by Crippen LogP contribution is -2.41. The van der Waals surface area contributed by atoms with Gasteiger partial charge in [-0.1, -0.05) is 12.6 Å². The predicted octanol–water partition coefficient (Wildman–Crippen LogP) is 4.03. The van der Waals surface area contributed by atoms with E-state index in [9.17, 15) is 31.5 Å². The number of carbonyl (C=O) groups excluding carboxylic acids is 2. The normalized spacial score (nSPS) is 21.7. The van der Waals surface area contributed by atoms with Crippen molar-refractivity contribution in [3.63, 3.8) is 0 Å². The minimum atomic E-state index is -4.83. The van der Waals surface area contributed by atoms with E-state index in [4.69, 9.17) is 15.2 Å². The summed E-state index contributed by atoms with van der Waals surface area (Å²) in [5.41, 5.74) is 2.25. The minimum Gasteiger partial charge on any atom is -0.493 e. The van der Waals surface area contributed by atoms with Crippen LogP contribution in [0.3, 0.4) is 0 Å². The van der Waals surface area contributed by atoms with Crippen LogP contribution in [0.4, 0.5) is 27.8 Å². The second-order valence-electron chi connectivity index (χ2n) is 8.49. The van der Waals surface area contributed by atoms with Crippen LogP contribution in [0, 0.1) is 11.6 Å². The fourth-order valence-electron chi connectivity index (χ4n) is 4.27. The summed E-state index contributed by atoms with van der Waals surface area (Å²) in [5, 5.41) is 2.35. The van der Waals surface area contributed by atoms with Crippen molar-refractivity contribution >= 4 is 28.7 Å². The summed E-state index contributed by atoms with van der Waals surface area (Å²) in [6.07, 6.45) is -6.02. The van der Waals surface area contributed by atoms with Crippen LogP contribution in [0.2, 0.25) is 0 Å². The van der Waals surface area contributed by atoms with Gasteiger partial charge in [0.15, 0.2) is 22.9 Å². The molecule has 196 valence electrons. The number of H-pyrrole nitrogens is 1. The van der Waals surface area contributed by atoms with Crippen molar-refractivity contribution in [3.05, 3.63) is 59.6 Å². The Hall–Kier alpha value is -4.07. The van der Waals surface area contributed by atoms with Crippen LogP contribution in [0.1, 0.15) is 47.2 Å². The monoisotopic (exact) mass is 525 g/mol. The van der Waals surface area contributed by atoms with E-state index in [1.807, 2.05) is 0 Å². The molecule has 1 aromatic carbocycles. The molecule has 0 unspecified atom stereocenters. The maximum Gasteiger partial charge on any atom is 0.417 e. The maximum atomic E-state index is 14.5. The summed E-state index contributed by atoms with van der Waals surface area (Å²) < 4.78 is 80.7. The zero-order valence-corrected chi connectivity index (χ0v) is 19.4. The summed E-state index contributed by atoms with van der Waals surface area (Å²) in [4.78, 5) is 34.7. The molecule has 1 saturated heterocycles. The van der Waals surface area contributed by atoms with Gasteiger partial charge in [-0.25, -0.2) is 14.4 Å². The highest BCUT2D eigenvalue weighted by Gasteiger charge is 2.61. The number of fused-ring (bicyclic) bond motifs is 1. The highest BCUT2D eigenvalue weighted by Crippen LogP contribution is 2.56. The number of nitrogens with one attached hydrogen (secondary N) is 2. The highest BCUT2D eigenvalue weighted by molar-refractivity contribution is 6.05. The van der Waals surface area contributed by atoms with Crippen molar-refractivity contribution in [3.8, 4) is 5.75 Å². The minimum absolute atomic E-state index is 0.0768. The van der Waals surface area contributed by atoms with Crippen LogP contribution >= 0.6 is 0 Å². The number of rotatable bonds is 6. The summed E-state index contributed by atoms with van der Waals surface area (Å²) in [7, 11) is 1.06. The van der Waals surface area contributed by atoms with E-state index in [1.165, 1.54) is 6.07 Å². The Kier molecular flexibility index (Phi) is 6.40. The first-order valence-electron chi connectivity index (χ1n) is 10.7. The second-order valence-corrected chi connectivity index (χ2v) is 8.49. The van der Waals surface area contributed by atoms with E-state index < -0.39 is 59.4 Å². The van der Waals surface area contributed by atoms with Crippen molar-refractivity contribution < 1.29 is 41.0 Å². The first kappa shape index (κ1) is 26.0. The van der Waals surface area contributed by atoms with Gasteiger partial charge in [0.05, 0.1) is 12.6 Å². The van der Waals surface area contributed by atoms with E-state index in [2.05, 4.69) is 26.8 Å². The number of anilines is 1. The maximum absolute atomic E-state index is 14.5. The molecular formula is C23H20F5N5O4. The number of aromatic nitrogens is 3. The largest absolute Gasteiger partial charge is 0.493 e. The van der Waals surface area contributed by atoms with Crippen LogP contribution in [-0.4, -0.2) is 45.7 Å². The number of hydrogen-bond donors (Lipinski definition) is 3. The number of amides is 2. The van der Waals surface area contributed by atoms with Gasteiger partial charge in [0.2, 0.25) is 11.7 Å². The fourth-order valence-corrected chi connectivity index (χ4v) is 4.27. The van der Waals surface area contributed by atoms with Gasteiger partial charge in [0.25, 0.3) is 5.91 Å². The Morgan fingerprint density at radius 1 is 1.32 bits per heavy atom. The first-order chi connectivity index (χ1) is 17.3. The molecule has 1 aliphatic heterocycles. The van der Waals surface area contributed by atoms with E-state index in [1.54, 1.807) is 0 Å². The number of nitrogens with zero attached hydrogens (tertiary/aromatic N) is 2. The number of carbonyl (C=O) groups is 2. The summed E-state index contributed by atoms with van der Waals surface area (Å²) in [5.74, 6) is -6.34. The zero-order chi connectivity index (χ0) is 27.3. The van der Waals surface area contributed by atoms with Gasteiger partial charge in [-0.2, -0.15) is 17.6 Å². The Balaban J connectivity index is 1.89. The number of nitrogens with two attached hydrogens (primary N) is 1. The molecule has 2 amide bonds. The molecule has 3 heterocycles. The number of methoxy groups -OCH3 is 1. The average molecular weight is 525 g/mol. The molecular weight excluding hydrogens is 505 g/mol. The number of alkyl halides is 3. The fraction of sp³-hybridized carbons (Fsp3) is 0.304. The summed E-state index contributed by atoms with van der Waals surface area (Å²) in [6.45, 7) is 4.14. The summed E-state index contributed by atoms with van der Waals surface area (Å²) in [6, 6.07) is 3.17. The molecule has 4 rings (SSSR count). The molecule has 2 aromatic heterocycles. The molecule has 3 aromatic rings. The van der Waals surface area contributed by atoms with Crippen LogP contribution in [-0.2, 0) is 9.53 Å². The number of aromatic amines is 1. The number of primary amides is 1. The van der Waals surface area contributed by atoms with Gasteiger partial charge in [-0.3, -0.25) is 9.59 Å². The smallest absolute Gasteiger partial charge is 0.417 e. The molecule has 0 aliphatic carbocycles. The number of imidazole rings is 1. The molecule has 0 radical (unpaired) electrons. The van der Waals surface area contributed by atoms with Crippen LogP contribution < -0.4 is 15.8 Å². The van der Waals surface area contributed by atoms with Crippen LogP contribution in [0.5, 0.6) is 5.75 Å². The van der Waals surface area contributed by atoms with E-state index in [-0.39, 0.29) is 33.9 Å². The number of pyridine rings is 1. The van der Waals surface area contributed by atoms with Crippen LogP contribution in [0.15, 0.2) is 30.9 Å². The lowest BCUT2D eigenvalue weighted by atomic mass is 9.86. The molecule has 3 atom stereocenters. The molecule has 4 N–H and O–H groups in total. The Bertz CT molecular complexity index is 1420. The molecule has 1 fully saturated rings. The number of hydrogen-bond acceptors (Lipinski definition) is 6. The molecule has 0 spiro atoms. The predicted molar refractivity (Wildman–Crippen MR) is 120 cm³/mol. The third kappa shape index (κ3) is 4.48. The third-order valence-corrected chi connectivity index (χ3v) is 6.07. The second kappa shape index (κ2) is 9.10. The van der Waals surface area contributed by atoms with Gasteiger partial charge in [0.1, 0.15) is 23.3 Å². The Morgan fingerprint density at radius 2 is 2.03 bits per heavy atom. The standard InChI is InChI=1S/C23H20F5N5O4/c1-4-14(34)31-13-7-12-16(17(32-13)20(29)35)33-21(30-12)19-10(8-22(2,37-19)23(26,27)28)9-5-6-11(24)15(25)18(9)36-3/h4-7,10,19H,1,8H2,2-3H3,(H2,29,35)(H,30,33)(H,31,32,34)/t10-,19+,22+/m0/s1. The lowest BCUT2D eigenvalue weighted by Gasteiger charge is -2.27. The van der Waals surface area contributed by atoms with Crippen LogP contribution in [0.25, 0.3) is 11.0 Å². The van der Waals surface area contributed by atoms with Gasteiger partial charge in [0, 0.05) is 17.5 Å².